The number of nitro groups is 1. The lowest BCUT2D eigenvalue weighted by molar-refractivity contribution is -0.385. The van der Waals surface area contributed by atoms with Gasteiger partial charge >= 0.3 is 0 Å². The highest BCUT2D eigenvalue weighted by Gasteiger charge is 2.17. The van der Waals surface area contributed by atoms with E-state index in [1.54, 1.807) is 7.05 Å². The van der Waals surface area contributed by atoms with Gasteiger partial charge in [-0.15, -0.1) is 10.2 Å². The number of rotatable bonds is 5. The third-order valence-electron chi connectivity index (χ3n) is 2.36. The number of nitrogens with one attached hydrogen (secondary N) is 3. The zero-order chi connectivity index (χ0) is 14.5. The Morgan fingerprint density at radius 1 is 1.55 bits per heavy atom. The van der Waals surface area contributed by atoms with Crippen LogP contribution in [0.2, 0.25) is 0 Å². The molecule has 0 saturated carbocycles. The van der Waals surface area contributed by atoms with Crippen molar-refractivity contribution in [1.29, 1.82) is 0 Å². The minimum atomic E-state index is -0.623. The number of nitrogens with zero attached hydrogens (tertiary/aromatic N) is 5. The average molecular weight is 278 g/mol. The highest BCUT2D eigenvalue weighted by atomic mass is 16.6. The summed E-state index contributed by atoms with van der Waals surface area (Å²) in [6.07, 6.45) is 1.07. The Labute approximate surface area is 111 Å². The lowest BCUT2D eigenvalue weighted by atomic mass is 10.2. The van der Waals surface area contributed by atoms with Gasteiger partial charge in [-0.25, -0.2) is 4.98 Å². The summed E-state index contributed by atoms with van der Waals surface area (Å²) in [6, 6.07) is 1.14. The first-order chi connectivity index (χ1) is 9.61. The maximum absolute atomic E-state index is 12.0. The van der Waals surface area contributed by atoms with Gasteiger partial charge in [0.25, 0.3) is 11.6 Å². The summed E-state index contributed by atoms with van der Waals surface area (Å²) < 4.78 is 0. The fourth-order valence-corrected chi connectivity index (χ4v) is 1.44. The highest BCUT2D eigenvalue weighted by Crippen LogP contribution is 2.18. The van der Waals surface area contributed by atoms with Crippen molar-refractivity contribution in [2.24, 2.45) is 0 Å². The van der Waals surface area contributed by atoms with Crippen molar-refractivity contribution in [2.45, 2.75) is 6.54 Å². The number of carbonyl (C=O) groups is 1. The Kier molecular flexibility index (Phi) is 3.79. The third kappa shape index (κ3) is 2.82. The first kappa shape index (κ1) is 13.3. The zero-order valence-corrected chi connectivity index (χ0v) is 10.3. The molecule has 0 aromatic carbocycles. The lowest BCUT2D eigenvalue weighted by Crippen LogP contribution is -2.24. The van der Waals surface area contributed by atoms with Gasteiger partial charge < -0.3 is 10.6 Å². The normalized spacial score (nSPS) is 10.1. The van der Waals surface area contributed by atoms with E-state index >= 15 is 0 Å². The predicted octanol–water partition coefficient (Wildman–Crippen LogP) is -0.525. The van der Waals surface area contributed by atoms with E-state index in [4.69, 9.17) is 0 Å². The van der Waals surface area contributed by atoms with Crippen LogP contribution in [0, 0.1) is 10.1 Å². The number of aromatic amines is 1. The fraction of sp³-hybridized carbons (Fsp3) is 0.222. The van der Waals surface area contributed by atoms with Crippen molar-refractivity contribution < 1.29 is 9.72 Å². The first-order valence-electron chi connectivity index (χ1n) is 5.44. The predicted molar refractivity (Wildman–Crippen MR) is 65.8 cm³/mol. The molecule has 2 heterocycles. The molecular weight excluding hydrogens is 268 g/mol. The molecule has 0 aliphatic heterocycles. The standard InChI is InChI=1S/C9H10N8O3/c1-10-8-6(2-5(3-11-8)17(19)20)9(18)12-4-7-13-15-16-14-7/h2-3H,4H2,1H3,(H,10,11)(H,12,18)(H,13,14,15,16). The summed E-state index contributed by atoms with van der Waals surface area (Å²) in [7, 11) is 1.56. The van der Waals surface area contributed by atoms with Gasteiger partial charge in [-0.1, -0.05) is 5.21 Å². The van der Waals surface area contributed by atoms with Gasteiger partial charge in [-0.05, 0) is 0 Å². The molecular formula is C9H10N8O3. The lowest BCUT2D eigenvalue weighted by Gasteiger charge is -2.07. The van der Waals surface area contributed by atoms with Crippen LogP contribution in [-0.4, -0.2) is 43.5 Å². The van der Waals surface area contributed by atoms with E-state index in [1.807, 2.05) is 0 Å². The molecule has 11 nitrogen and oxygen atoms in total. The minimum Gasteiger partial charge on any atom is -0.372 e. The molecule has 20 heavy (non-hydrogen) atoms. The smallest absolute Gasteiger partial charge is 0.288 e. The second-order valence-corrected chi connectivity index (χ2v) is 3.61. The van der Waals surface area contributed by atoms with Crippen molar-refractivity contribution in [2.75, 3.05) is 12.4 Å². The Morgan fingerprint density at radius 3 is 2.95 bits per heavy atom. The van der Waals surface area contributed by atoms with Gasteiger partial charge in [-0.2, -0.15) is 5.21 Å². The van der Waals surface area contributed by atoms with Gasteiger partial charge in [0.15, 0.2) is 5.82 Å². The Bertz CT molecular complexity index is 626. The number of pyridine rings is 1. The van der Waals surface area contributed by atoms with E-state index in [9.17, 15) is 14.9 Å². The second kappa shape index (κ2) is 5.69. The summed E-state index contributed by atoms with van der Waals surface area (Å²) in [5.74, 6) is -0.000639. The molecule has 0 saturated heterocycles. The van der Waals surface area contributed by atoms with E-state index in [2.05, 4.69) is 36.2 Å². The maximum Gasteiger partial charge on any atom is 0.288 e. The number of hydrogen-bond acceptors (Lipinski definition) is 8. The van der Waals surface area contributed by atoms with Crippen molar-refractivity contribution in [1.82, 2.24) is 30.9 Å². The van der Waals surface area contributed by atoms with Crippen LogP contribution < -0.4 is 10.6 Å². The maximum atomic E-state index is 12.0. The molecule has 2 rings (SSSR count). The number of aromatic nitrogens is 5. The minimum absolute atomic E-state index is 0.0428. The van der Waals surface area contributed by atoms with Crippen LogP contribution in [0.15, 0.2) is 12.3 Å². The van der Waals surface area contributed by atoms with Crippen LogP contribution in [-0.2, 0) is 6.54 Å². The molecule has 2 aromatic rings. The van der Waals surface area contributed by atoms with Crippen LogP contribution >= 0.6 is 0 Å². The van der Waals surface area contributed by atoms with Gasteiger partial charge in [0.2, 0.25) is 0 Å². The monoisotopic (exact) mass is 278 g/mol. The van der Waals surface area contributed by atoms with E-state index in [1.165, 1.54) is 0 Å². The highest BCUT2D eigenvalue weighted by molar-refractivity contribution is 5.99. The Hall–Kier alpha value is -3.11. The number of anilines is 1. The molecule has 1 amide bonds. The van der Waals surface area contributed by atoms with Crippen LogP contribution in [0.4, 0.5) is 11.5 Å². The van der Waals surface area contributed by atoms with Crippen LogP contribution in [0.1, 0.15) is 16.2 Å². The molecule has 11 heteroatoms. The van der Waals surface area contributed by atoms with E-state index in [0.717, 1.165) is 12.3 Å². The second-order valence-electron chi connectivity index (χ2n) is 3.61. The van der Waals surface area contributed by atoms with Crippen LogP contribution in [0.25, 0.3) is 0 Å². The van der Waals surface area contributed by atoms with Crippen molar-refractivity contribution in [3.05, 3.63) is 33.8 Å². The molecule has 0 unspecified atom stereocenters. The molecule has 0 aliphatic rings. The molecule has 0 spiro atoms. The summed E-state index contributed by atoms with van der Waals surface area (Å²) in [5, 5.41) is 28.8. The summed E-state index contributed by atoms with van der Waals surface area (Å²) >= 11 is 0. The number of hydrogen-bond donors (Lipinski definition) is 3. The molecule has 2 aromatic heterocycles. The van der Waals surface area contributed by atoms with Crippen molar-refractivity contribution in [3.63, 3.8) is 0 Å². The molecule has 0 bridgehead atoms. The molecule has 0 aliphatic carbocycles. The zero-order valence-electron chi connectivity index (χ0n) is 10.3. The van der Waals surface area contributed by atoms with E-state index in [0.29, 0.717) is 5.82 Å². The van der Waals surface area contributed by atoms with Gasteiger partial charge in [0.1, 0.15) is 12.0 Å². The van der Waals surface area contributed by atoms with Gasteiger partial charge in [-0.3, -0.25) is 14.9 Å². The van der Waals surface area contributed by atoms with Crippen molar-refractivity contribution in [3.8, 4) is 0 Å². The Balaban J connectivity index is 2.18. The van der Waals surface area contributed by atoms with Crippen LogP contribution in [0.5, 0.6) is 0 Å². The number of amides is 1. The molecule has 0 atom stereocenters. The van der Waals surface area contributed by atoms with Crippen LogP contribution in [0.3, 0.4) is 0 Å². The largest absolute Gasteiger partial charge is 0.372 e. The number of carbonyl (C=O) groups excluding carboxylic acids is 1. The van der Waals surface area contributed by atoms with Gasteiger partial charge in [0, 0.05) is 13.1 Å². The molecule has 0 radical (unpaired) electrons. The average Bonchev–Trinajstić information content (AvgIpc) is 2.97. The molecule has 3 N–H and O–H groups in total. The fourth-order valence-electron chi connectivity index (χ4n) is 1.44. The SMILES string of the molecule is CNc1ncc([N+](=O)[O-])cc1C(=O)NCc1nn[nH]n1. The molecule has 104 valence electrons. The quantitative estimate of drug-likeness (QED) is 0.487. The topological polar surface area (TPSA) is 152 Å². The summed E-state index contributed by atoms with van der Waals surface area (Å²) in [5.41, 5.74) is -0.209. The van der Waals surface area contributed by atoms with E-state index in [-0.39, 0.29) is 23.6 Å². The van der Waals surface area contributed by atoms with Gasteiger partial charge in [0.05, 0.1) is 17.0 Å². The first-order valence-corrected chi connectivity index (χ1v) is 5.44. The summed E-state index contributed by atoms with van der Waals surface area (Å²) in [4.78, 5) is 25.9. The van der Waals surface area contributed by atoms with E-state index < -0.39 is 10.8 Å². The van der Waals surface area contributed by atoms with Crippen molar-refractivity contribution >= 4 is 17.4 Å². The number of tetrazole rings is 1. The third-order valence-corrected chi connectivity index (χ3v) is 2.36. The molecule has 0 fully saturated rings. The number of H-pyrrole nitrogens is 1. The Morgan fingerprint density at radius 2 is 2.35 bits per heavy atom. The summed E-state index contributed by atoms with van der Waals surface area (Å²) in [6.45, 7) is 0.0428.